The van der Waals surface area contributed by atoms with Gasteiger partial charge in [-0.2, -0.15) is 0 Å². The fourth-order valence-corrected chi connectivity index (χ4v) is 7.95. The molecule has 9 rings (SSSR count). The van der Waals surface area contributed by atoms with Crippen molar-refractivity contribution in [3.05, 3.63) is 124 Å². The van der Waals surface area contributed by atoms with Crippen LogP contribution in [-0.4, -0.2) is 64.3 Å². The van der Waals surface area contributed by atoms with Crippen LogP contribution >= 0.6 is 0 Å². The Hall–Kier alpha value is -5.71. The molecule has 5 aromatic carbocycles. The Morgan fingerprint density at radius 3 is 2.04 bits per heavy atom. The summed E-state index contributed by atoms with van der Waals surface area (Å²) in [5.74, 6) is 3.57. The van der Waals surface area contributed by atoms with Crippen molar-refractivity contribution in [2.24, 2.45) is 0 Å². The van der Waals surface area contributed by atoms with Crippen LogP contribution in [0.15, 0.2) is 84.9 Å². The van der Waals surface area contributed by atoms with Crippen LogP contribution in [0.2, 0.25) is 0 Å². The summed E-state index contributed by atoms with van der Waals surface area (Å²) in [5.41, 5.74) is 13.4. The highest BCUT2D eigenvalue weighted by atomic mass is 16.6. The molecule has 0 amide bonds. The molecule has 4 aliphatic heterocycles. The molecule has 4 aliphatic rings. The number of nitrogens with zero attached hydrogens (tertiary/aromatic N) is 2. The molecule has 0 spiro atoms. The van der Waals surface area contributed by atoms with Gasteiger partial charge in [0.05, 0.1) is 26.9 Å². The minimum Gasteiger partial charge on any atom is -0.493 e. The van der Waals surface area contributed by atoms with E-state index in [0.29, 0.717) is 52.2 Å². The predicted octanol–water partition coefficient (Wildman–Crippen LogP) is 7.96. The number of benzene rings is 5. The third-order valence-electron chi connectivity index (χ3n) is 11.0. The van der Waals surface area contributed by atoms with Gasteiger partial charge in [0.15, 0.2) is 34.5 Å². The normalized spacial score (nSPS) is 17.9. The van der Waals surface area contributed by atoms with Crippen LogP contribution in [0, 0.1) is 0 Å². The van der Waals surface area contributed by atoms with Crippen LogP contribution in [-0.2, 0) is 25.7 Å². The maximum absolute atomic E-state index is 13.8. The predicted molar refractivity (Wildman–Crippen MR) is 207 cm³/mol. The minimum absolute atomic E-state index is 0.0744. The average molecular weight is 728 g/mol. The molecule has 278 valence electrons. The topological polar surface area (TPSA) is 105 Å². The molecule has 6 bridgehead atoms. The number of fused-ring (bicyclic) bond motifs is 2. The highest BCUT2D eigenvalue weighted by Crippen LogP contribution is 2.52. The largest absolute Gasteiger partial charge is 0.493 e. The van der Waals surface area contributed by atoms with E-state index in [4.69, 9.17) is 34.2 Å². The van der Waals surface area contributed by atoms with Gasteiger partial charge in [-0.25, -0.2) is 4.79 Å². The summed E-state index contributed by atoms with van der Waals surface area (Å²) in [7, 11) is 9.15. The highest BCUT2D eigenvalue weighted by molar-refractivity contribution is 5.92. The van der Waals surface area contributed by atoms with Gasteiger partial charge in [0.25, 0.3) is 0 Å². The van der Waals surface area contributed by atoms with Crippen molar-refractivity contribution in [2.45, 2.75) is 37.8 Å². The van der Waals surface area contributed by atoms with E-state index in [1.54, 1.807) is 45.6 Å². The lowest BCUT2D eigenvalue weighted by Gasteiger charge is -2.37. The van der Waals surface area contributed by atoms with E-state index in [1.807, 2.05) is 30.3 Å². The maximum Gasteiger partial charge on any atom is 0.343 e. The Bertz CT molecular complexity index is 2200. The van der Waals surface area contributed by atoms with Gasteiger partial charge in [0.1, 0.15) is 5.75 Å². The van der Waals surface area contributed by atoms with Gasteiger partial charge in [0, 0.05) is 36.4 Å². The number of nitrogen functional groups attached to an aromatic ring is 1. The molecule has 0 aromatic heterocycles. The van der Waals surface area contributed by atoms with E-state index in [0.717, 1.165) is 60.4 Å². The minimum atomic E-state index is -0.560. The monoisotopic (exact) mass is 727 g/mol. The number of likely N-dealkylation sites (N-methyl/N-ethyl adjacent to an activating group) is 2. The van der Waals surface area contributed by atoms with Crippen molar-refractivity contribution >= 4 is 11.7 Å². The number of rotatable bonds is 5. The van der Waals surface area contributed by atoms with Crippen LogP contribution in [0.4, 0.5) is 5.69 Å². The summed E-state index contributed by atoms with van der Waals surface area (Å²) in [4.78, 5) is 18.5. The fraction of sp³-hybridized carbons (Fsp3) is 0.295. The first kappa shape index (κ1) is 35.3. The van der Waals surface area contributed by atoms with Crippen LogP contribution in [0.25, 0.3) is 0 Å². The van der Waals surface area contributed by atoms with E-state index in [1.165, 1.54) is 11.1 Å². The number of carbonyl (C=O) groups excluding carboxylic acids is 1. The Labute approximate surface area is 315 Å². The van der Waals surface area contributed by atoms with E-state index >= 15 is 0 Å². The Morgan fingerprint density at radius 2 is 1.31 bits per heavy atom. The van der Waals surface area contributed by atoms with Crippen molar-refractivity contribution in [1.29, 1.82) is 0 Å². The highest BCUT2D eigenvalue weighted by Gasteiger charge is 2.35. The summed E-state index contributed by atoms with van der Waals surface area (Å²) >= 11 is 0. The second-order valence-electron chi connectivity index (χ2n) is 14.3. The number of nitrogens with two attached hydrogens (primary N) is 1. The van der Waals surface area contributed by atoms with Crippen LogP contribution in [0.1, 0.15) is 55.8 Å². The Balaban J connectivity index is 1.36. The van der Waals surface area contributed by atoms with Crippen molar-refractivity contribution < 1.29 is 33.2 Å². The van der Waals surface area contributed by atoms with Crippen molar-refractivity contribution in [1.82, 2.24) is 9.80 Å². The number of anilines is 1. The second-order valence-corrected chi connectivity index (χ2v) is 14.3. The number of ether oxygens (including phenoxy) is 6. The zero-order valence-electron chi connectivity index (χ0n) is 31.3. The molecular formula is C44H45N3O7. The molecule has 0 saturated carbocycles. The zero-order chi connectivity index (χ0) is 37.5. The van der Waals surface area contributed by atoms with E-state index < -0.39 is 5.97 Å². The quantitative estimate of drug-likeness (QED) is 0.109. The van der Waals surface area contributed by atoms with Gasteiger partial charge in [-0.3, -0.25) is 9.80 Å². The van der Waals surface area contributed by atoms with Gasteiger partial charge in [-0.15, -0.1) is 0 Å². The summed E-state index contributed by atoms with van der Waals surface area (Å²) in [6.45, 7) is 1.70. The standard InChI is InChI=1S/C44H45N3O7/c1-46-18-16-29-23-37(50-4)39-25-33(29)34(46)20-26-6-13-32(14-7-26)52-38-22-27(8-15-36(38)49-3)21-35-41-30(17-19-47(35)2)24-40(51-5)42(43(41)53-39)54-44(48)28-9-11-31(45)12-10-28/h6-15,22-25,34-35H,16-21,45H2,1-5H3/t34-,35-/m0/s1. The zero-order valence-corrected chi connectivity index (χ0v) is 31.3. The van der Waals surface area contributed by atoms with Gasteiger partial charge in [-0.05, 0) is 134 Å². The van der Waals surface area contributed by atoms with Crippen molar-refractivity contribution in [2.75, 3.05) is 54.2 Å². The Kier molecular flexibility index (Phi) is 9.56. The molecule has 54 heavy (non-hydrogen) atoms. The number of carbonyl (C=O) groups is 1. The lowest BCUT2D eigenvalue weighted by atomic mass is 9.87. The third kappa shape index (κ3) is 6.67. The third-order valence-corrected chi connectivity index (χ3v) is 11.0. The molecule has 2 N–H and O–H groups in total. The van der Waals surface area contributed by atoms with E-state index in [9.17, 15) is 4.79 Å². The van der Waals surface area contributed by atoms with Crippen LogP contribution in [0.3, 0.4) is 0 Å². The number of esters is 1. The molecular weight excluding hydrogens is 682 g/mol. The average Bonchev–Trinajstić information content (AvgIpc) is 3.18. The van der Waals surface area contributed by atoms with Gasteiger partial charge in [-0.1, -0.05) is 18.2 Å². The number of hydrogen-bond donors (Lipinski definition) is 1. The molecule has 0 aliphatic carbocycles. The van der Waals surface area contributed by atoms with Gasteiger partial charge in [0.2, 0.25) is 5.75 Å². The first-order chi connectivity index (χ1) is 26.2. The molecule has 4 heterocycles. The first-order valence-electron chi connectivity index (χ1n) is 18.3. The first-order valence-corrected chi connectivity index (χ1v) is 18.3. The molecule has 5 aromatic rings. The van der Waals surface area contributed by atoms with E-state index in [2.05, 4.69) is 54.2 Å². The summed E-state index contributed by atoms with van der Waals surface area (Å²) in [5, 5.41) is 0. The SMILES string of the molecule is COc1ccc2cc1Oc1ccc(cc1)C[C@H]1c3cc(c(OC)cc3CCN1C)Oc1c(OC(=O)c3ccc(N)cc3)c(OC)cc3c1[C@H](C2)N(C)CC3. The van der Waals surface area contributed by atoms with Crippen molar-refractivity contribution in [3.63, 3.8) is 0 Å². The fourth-order valence-electron chi connectivity index (χ4n) is 7.95. The molecule has 10 heteroatoms. The molecule has 10 nitrogen and oxygen atoms in total. The van der Waals surface area contributed by atoms with Gasteiger partial charge < -0.3 is 34.2 Å². The van der Waals surface area contributed by atoms with Gasteiger partial charge >= 0.3 is 5.97 Å². The molecule has 0 saturated heterocycles. The van der Waals surface area contributed by atoms with Crippen molar-refractivity contribution in [3.8, 4) is 46.0 Å². The summed E-state index contributed by atoms with van der Waals surface area (Å²) in [6, 6.07) is 27.0. The van der Waals surface area contributed by atoms with Crippen LogP contribution < -0.4 is 34.2 Å². The van der Waals surface area contributed by atoms with Crippen LogP contribution in [0.5, 0.6) is 46.0 Å². The Morgan fingerprint density at radius 1 is 0.685 bits per heavy atom. The lowest BCUT2D eigenvalue weighted by molar-refractivity contribution is 0.0724. The smallest absolute Gasteiger partial charge is 0.343 e. The lowest BCUT2D eigenvalue weighted by Crippen LogP contribution is -2.34. The number of methoxy groups -OCH3 is 3. The molecule has 0 unspecified atom stereocenters. The molecule has 2 atom stereocenters. The summed E-state index contributed by atoms with van der Waals surface area (Å²) < 4.78 is 37.6. The number of hydrogen-bond acceptors (Lipinski definition) is 10. The maximum atomic E-state index is 13.8. The molecule has 0 radical (unpaired) electrons. The molecule has 0 fully saturated rings. The van der Waals surface area contributed by atoms with E-state index in [-0.39, 0.29) is 17.8 Å². The summed E-state index contributed by atoms with van der Waals surface area (Å²) in [6.07, 6.45) is 2.99. The second kappa shape index (κ2) is 14.6.